The topological polar surface area (TPSA) is 29.9 Å². The minimum atomic E-state index is 0.746. The highest BCUT2D eigenvalue weighted by Gasteiger charge is 2.03. The molecule has 0 aliphatic carbocycles. The monoisotopic (exact) mass is 209 g/mol. The summed E-state index contributed by atoms with van der Waals surface area (Å²) >= 11 is 0. The number of aromatic nitrogens is 2. The summed E-state index contributed by atoms with van der Waals surface area (Å²) in [7, 11) is 0. The number of rotatable bonds is 7. The van der Waals surface area contributed by atoms with Gasteiger partial charge in [0, 0.05) is 19.3 Å². The fourth-order valence-electron chi connectivity index (χ4n) is 1.79. The molecule has 0 aromatic carbocycles. The molecule has 1 atom stereocenters. The van der Waals surface area contributed by atoms with Crippen LogP contribution in [0.5, 0.6) is 0 Å². The largest absolute Gasteiger partial charge is 0.337 e. The van der Waals surface area contributed by atoms with Crippen LogP contribution in [-0.4, -0.2) is 16.1 Å². The summed E-state index contributed by atoms with van der Waals surface area (Å²) < 4.78 is 2.20. The summed E-state index contributed by atoms with van der Waals surface area (Å²) in [6.07, 6.45) is 6.65. The van der Waals surface area contributed by atoms with Crippen LogP contribution in [0.4, 0.5) is 0 Å². The van der Waals surface area contributed by atoms with E-state index >= 15 is 0 Å². The molecular formula is C12H23N3. The molecular weight excluding hydrogens is 186 g/mol. The second kappa shape index (κ2) is 6.62. The minimum Gasteiger partial charge on any atom is -0.337 e. The molecule has 1 rings (SSSR count). The lowest BCUT2D eigenvalue weighted by atomic mass is 10.1. The average Bonchev–Trinajstić information content (AvgIpc) is 2.63. The minimum absolute atomic E-state index is 0.746. The lowest BCUT2D eigenvalue weighted by Crippen LogP contribution is -2.12. The predicted molar refractivity (Wildman–Crippen MR) is 63.7 cm³/mol. The van der Waals surface area contributed by atoms with Gasteiger partial charge < -0.3 is 9.88 Å². The predicted octanol–water partition coefficient (Wildman–Crippen LogP) is 2.43. The molecule has 1 aromatic heterocycles. The van der Waals surface area contributed by atoms with Crippen molar-refractivity contribution in [1.82, 2.24) is 14.9 Å². The summed E-state index contributed by atoms with van der Waals surface area (Å²) in [6.45, 7) is 9.62. The van der Waals surface area contributed by atoms with Crippen molar-refractivity contribution in [3.05, 3.63) is 18.2 Å². The maximum Gasteiger partial charge on any atom is 0.0950 e. The molecule has 0 aliphatic rings. The van der Waals surface area contributed by atoms with Gasteiger partial charge in [0.05, 0.1) is 12.0 Å². The molecule has 0 amide bonds. The van der Waals surface area contributed by atoms with Crippen molar-refractivity contribution in [2.24, 2.45) is 5.92 Å². The van der Waals surface area contributed by atoms with Crippen LogP contribution < -0.4 is 5.32 Å². The van der Waals surface area contributed by atoms with Crippen molar-refractivity contribution in [3.63, 3.8) is 0 Å². The Hall–Kier alpha value is -0.830. The third kappa shape index (κ3) is 4.47. The second-order valence-corrected chi connectivity index (χ2v) is 4.24. The van der Waals surface area contributed by atoms with Gasteiger partial charge in [-0.2, -0.15) is 0 Å². The van der Waals surface area contributed by atoms with Gasteiger partial charge >= 0.3 is 0 Å². The second-order valence-electron chi connectivity index (χ2n) is 4.24. The first-order valence-electron chi connectivity index (χ1n) is 5.97. The van der Waals surface area contributed by atoms with E-state index in [1.807, 2.05) is 6.33 Å². The van der Waals surface area contributed by atoms with Gasteiger partial charge in [0.1, 0.15) is 0 Å². The fraction of sp³-hybridized carbons (Fsp3) is 0.750. The maximum atomic E-state index is 4.37. The van der Waals surface area contributed by atoms with Gasteiger partial charge in [-0.3, -0.25) is 0 Å². The van der Waals surface area contributed by atoms with Gasteiger partial charge in [0.15, 0.2) is 0 Å². The smallest absolute Gasteiger partial charge is 0.0950 e. The highest BCUT2D eigenvalue weighted by molar-refractivity contribution is 4.96. The van der Waals surface area contributed by atoms with Crippen molar-refractivity contribution >= 4 is 0 Å². The molecule has 0 radical (unpaired) electrons. The molecule has 0 saturated heterocycles. The van der Waals surface area contributed by atoms with Gasteiger partial charge in [0.25, 0.3) is 0 Å². The quantitative estimate of drug-likeness (QED) is 0.747. The summed E-state index contributed by atoms with van der Waals surface area (Å²) in [5.74, 6) is 0.746. The molecule has 3 heteroatoms. The maximum absolute atomic E-state index is 4.37. The Morgan fingerprint density at radius 2 is 2.27 bits per heavy atom. The van der Waals surface area contributed by atoms with E-state index in [2.05, 4.69) is 41.8 Å². The van der Waals surface area contributed by atoms with Gasteiger partial charge in [-0.15, -0.1) is 0 Å². The molecule has 0 aliphatic heterocycles. The van der Waals surface area contributed by atoms with Crippen LogP contribution in [-0.2, 0) is 13.1 Å². The first-order chi connectivity index (χ1) is 7.26. The first kappa shape index (κ1) is 12.2. The van der Waals surface area contributed by atoms with Crippen LogP contribution in [0.25, 0.3) is 0 Å². The van der Waals surface area contributed by atoms with E-state index in [4.69, 9.17) is 0 Å². The Kier molecular flexibility index (Phi) is 5.40. The highest BCUT2D eigenvalue weighted by atomic mass is 15.0. The van der Waals surface area contributed by atoms with Crippen molar-refractivity contribution in [3.8, 4) is 0 Å². The summed E-state index contributed by atoms with van der Waals surface area (Å²) in [6, 6.07) is 0. The standard InChI is InChI=1S/C12H23N3/c1-4-6-11(3)8-15-9-12(14-10-15)7-13-5-2/h9-11,13H,4-8H2,1-3H3. The Morgan fingerprint density at radius 3 is 2.93 bits per heavy atom. The molecule has 0 bridgehead atoms. The molecule has 1 aromatic rings. The summed E-state index contributed by atoms with van der Waals surface area (Å²) in [5, 5.41) is 3.28. The number of nitrogens with one attached hydrogen (secondary N) is 1. The van der Waals surface area contributed by atoms with Crippen LogP contribution in [0.1, 0.15) is 39.3 Å². The van der Waals surface area contributed by atoms with Gasteiger partial charge in [-0.25, -0.2) is 4.98 Å². The third-order valence-electron chi connectivity index (χ3n) is 2.55. The van der Waals surface area contributed by atoms with Gasteiger partial charge in [0.2, 0.25) is 0 Å². The zero-order valence-electron chi connectivity index (χ0n) is 10.2. The number of imidazole rings is 1. The summed E-state index contributed by atoms with van der Waals surface area (Å²) in [5.41, 5.74) is 1.14. The number of hydrogen-bond donors (Lipinski definition) is 1. The fourth-order valence-corrected chi connectivity index (χ4v) is 1.79. The number of nitrogens with zero attached hydrogens (tertiary/aromatic N) is 2. The lowest BCUT2D eigenvalue weighted by Gasteiger charge is -2.09. The van der Waals surface area contributed by atoms with Crippen LogP contribution >= 0.6 is 0 Å². The van der Waals surface area contributed by atoms with Crippen molar-refractivity contribution < 1.29 is 0 Å². The molecule has 0 spiro atoms. The zero-order chi connectivity index (χ0) is 11.1. The molecule has 0 saturated carbocycles. The molecule has 3 nitrogen and oxygen atoms in total. The van der Waals surface area contributed by atoms with Crippen molar-refractivity contribution in [2.45, 2.75) is 46.7 Å². The lowest BCUT2D eigenvalue weighted by molar-refractivity contribution is 0.445. The van der Waals surface area contributed by atoms with Crippen LogP contribution in [0.15, 0.2) is 12.5 Å². The Morgan fingerprint density at radius 1 is 1.47 bits per heavy atom. The average molecular weight is 209 g/mol. The molecule has 86 valence electrons. The third-order valence-corrected chi connectivity index (χ3v) is 2.55. The van der Waals surface area contributed by atoms with E-state index in [9.17, 15) is 0 Å². The van der Waals surface area contributed by atoms with Crippen LogP contribution in [0.2, 0.25) is 0 Å². The van der Waals surface area contributed by atoms with E-state index in [1.165, 1.54) is 12.8 Å². The normalized spacial score (nSPS) is 13.0. The highest BCUT2D eigenvalue weighted by Crippen LogP contribution is 2.08. The Bertz CT molecular complexity index is 268. The van der Waals surface area contributed by atoms with E-state index in [0.29, 0.717) is 0 Å². The van der Waals surface area contributed by atoms with Crippen molar-refractivity contribution in [2.75, 3.05) is 6.54 Å². The molecule has 15 heavy (non-hydrogen) atoms. The zero-order valence-corrected chi connectivity index (χ0v) is 10.2. The van der Waals surface area contributed by atoms with E-state index in [0.717, 1.165) is 31.2 Å². The SMILES string of the molecule is CCCC(C)Cn1cnc(CNCC)c1. The summed E-state index contributed by atoms with van der Waals surface area (Å²) in [4.78, 5) is 4.37. The molecule has 0 fully saturated rings. The van der Waals surface area contributed by atoms with Crippen molar-refractivity contribution in [1.29, 1.82) is 0 Å². The number of hydrogen-bond acceptors (Lipinski definition) is 2. The molecule has 1 unspecified atom stereocenters. The Balaban J connectivity index is 2.38. The van der Waals surface area contributed by atoms with E-state index < -0.39 is 0 Å². The van der Waals surface area contributed by atoms with Crippen LogP contribution in [0.3, 0.4) is 0 Å². The Labute approximate surface area is 92.9 Å². The molecule has 1 heterocycles. The van der Waals surface area contributed by atoms with Crippen LogP contribution in [0, 0.1) is 5.92 Å². The van der Waals surface area contributed by atoms with Gasteiger partial charge in [-0.1, -0.05) is 27.2 Å². The van der Waals surface area contributed by atoms with E-state index in [1.54, 1.807) is 0 Å². The van der Waals surface area contributed by atoms with Gasteiger partial charge in [-0.05, 0) is 18.9 Å². The molecule has 1 N–H and O–H groups in total. The first-order valence-corrected chi connectivity index (χ1v) is 5.97. The van der Waals surface area contributed by atoms with E-state index in [-0.39, 0.29) is 0 Å².